The van der Waals surface area contributed by atoms with Crippen molar-refractivity contribution in [3.05, 3.63) is 12.3 Å². The molecule has 2 rings (SSSR count). The van der Waals surface area contributed by atoms with E-state index in [0.29, 0.717) is 31.2 Å². The highest BCUT2D eigenvalue weighted by Crippen LogP contribution is 2.20. The number of rotatable bonds is 4. The summed E-state index contributed by atoms with van der Waals surface area (Å²) in [6, 6.07) is 1.74. The second-order valence-electron chi connectivity index (χ2n) is 5.46. The van der Waals surface area contributed by atoms with E-state index < -0.39 is 0 Å². The molecule has 0 spiro atoms. The molecule has 1 aromatic rings. The minimum Gasteiger partial charge on any atom is -0.342 e. The normalized spacial score (nSPS) is 19.3. The first-order chi connectivity index (χ1) is 8.95. The lowest BCUT2D eigenvalue weighted by Gasteiger charge is -2.18. The third-order valence-electron chi connectivity index (χ3n) is 3.14. The van der Waals surface area contributed by atoms with Crippen molar-refractivity contribution in [1.29, 1.82) is 0 Å². The molecule has 1 unspecified atom stereocenters. The van der Waals surface area contributed by atoms with Gasteiger partial charge in [-0.3, -0.25) is 14.3 Å². The molecule has 19 heavy (non-hydrogen) atoms. The van der Waals surface area contributed by atoms with Gasteiger partial charge in [-0.05, 0) is 5.92 Å². The van der Waals surface area contributed by atoms with Gasteiger partial charge in [0, 0.05) is 38.8 Å². The molecule has 1 aromatic heterocycles. The average Bonchev–Trinajstić information content (AvgIpc) is 2.86. The maximum Gasteiger partial charge on any atom is 0.230 e. The number of hydrogen-bond acceptors (Lipinski definition) is 3. The van der Waals surface area contributed by atoms with E-state index in [1.54, 1.807) is 28.9 Å². The van der Waals surface area contributed by atoms with Crippen molar-refractivity contribution in [3.8, 4) is 0 Å². The zero-order valence-corrected chi connectivity index (χ0v) is 11.6. The third kappa shape index (κ3) is 3.33. The Kier molecular flexibility index (Phi) is 3.87. The van der Waals surface area contributed by atoms with Gasteiger partial charge in [0.25, 0.3) is 0 Å². The lowest BCUT2D eigenvalue weighted by Crippen LogP contribution is -2.31. The number of likely N-dealkylation sites (tertiary alicyclic amines) is 1. The molecule has 104 valence electrons. The maximum absolute atomic E-state index is 12.1. The summed E-state index contributed by atoms with van der Waals surface area (Å²) >= 11 is 0. The van der Waals surface area contributed by atoms with E-state index in [0.717, 1.165) is 0 Å². The standard InChI is InChI=1S/C13H20N4O2/c1-9(2)7-17-8-10(6-12(17)18)13(19)14-11-4-5-16(3)15-11/h4-5,9-10H,6-8H2,1-3H3,(H,14,15,19). The number of carbonyl (C=O) groups excluding carboxylic acids is 2. The Morgan fingerprint density at radius 1 is 1.58 bits per heavy atom. The van der Waals surface area contributed by atoms with Crippen LogP contribution in [0.15, 0.2) is 12.3 Å². The summed E-state index contributed by atoms with van der Waals surface area (Å²) < 4.78 is 1.63. The molecular formula is C13H20N4O2. The third-order valence-corrected chi connectivity index (χ3v) is 3.14. The Morgan fingerprint density at radius 2 is 2.32 bits per heavy atom. The van der Waals surface area contributed by atoms with E-state index in [1.807, 2.05) is 0 Å². The quantitative estimate of drug-likeness (QED) is 0.877. The number of hydrogen-bond donors (Lipinski definition) is 1. The first kappa shape index (κ1) is 13.6. The van der Waals surface area contributed by atoms with Gasteiger partial charge in [-0.25, -0.2) is 0 Å². The van der Waals surface area contributed by atoms with Crippen molar-refractivity contribution < 1.29 is 9.59 Å². The molecule has 0 bridgehead atoms. The van der Waals surface area contributed by atoms with Crippen LogP contribution < -0.4 is 5.32 Å². The number of aromatic nitrogens is 2. The molecule has 1 aliphatic rings. The van der Waals surface area contributed by atoms with Gasteiger partial charge in [0.2, 0.25) is 11.8 Å². The second-order valence-corrected chi connectivity index (χ2v) is 5.46. The van der Waals surface area contributed by atoms with Crippen LogP contribution in [0, 0.1) is 11.8 Å². The largest absolute Gasteiger partial charge is 0.342 e. The van der Waals surface area contributed by atoms with Crippen LogP contribution in [0.3, 0.4) is 0 Å². The van der Waals surface area contributed by atoms with Crippen LogP contribution in [0.25, 0.3) is 0 Å². The molecule has 0 aromatic carbocycles. The molecule has 1 fully saturated rings. The predicted molar refractivity (Wildman–Crippen MR) is 71.4 cm³/mol. The van der Waals surface area contributed by atoms with Crippen molar-refractivity contribution in [3.63, 3.8) is 0 Å². The Labute approximate surface area is 112 Å². The molecule has 0 radical (unpaired) electrons. The number of amides is 2. The first-order valence-corrected chi connectivity index (χ1v) is 6.54. The van der Waals surface area contributed by atoms with Gasteiger partial charge in [0.15, 0.2) is 5.82 Å². The summed E-state index contributed by atoms with van der Waals surface area (Å²) in [5.74, 6) is 0.616. The van der Waals surface area contributed by atoms with Crippen LogP contribution >= 0.6 is 0 Å². The van der Waals surface area contributed by atoms with Crippen LogP contribution in [0.1, 0.15) is 20.3 Å². The van der Waals surface area contributed by atoms with E-state index in [9.17, 15) is 9.59 Å². The number of nitrogens with one attached hydrogen (secondary N) is 1. The van der Waals surface area contributed by atoms with Gasteiger partial charge in [0.05, 0.1) is 5.92 Å². The van der Waals surface area contributed by atoms with Crippen molar-refractivity contribution in [2.45, 2.75) is 20.3 Å². The fraction of sp³-hybridized carbons (Fsp3) is 0.615. The zero-order chi connectivity index (χ0) is 14.0. The van der Waals surface area contributed by atoms with Gasteiger partial charge in [0.1, 0.15) is 0 Å². The van der Waals surface area contributed by atoms with Crippen LogP contribution in [0.5, 0.6) is 0 Å². The fourth-order valence-electron chi connectivity index (χ4n) is 2.28. The van der Waals surface area contributed by atoms with Gasteiger partial charge in [-0.2, -0.15) is 5.10 Å². The zero-order valence-electron chi connectivity index (χ0n) is 11.6. The number of carbonyl (C=O) groups is 2. The van der Waals surface area contributed by atoms with Crippen molar-refractivity contribution in [2.75, 3.05) is 18.4 Å². The molecule has 0 saturated carbocycles. The van der Waals surface area contributed by atoms with Crippen LogP contribution in [-0.2, 0) is 16.6 Å². The highest BCUT2D eigenvalue weighted by Gasteiger charge is 2.34. The summed E-state index contributed by atoms with van der Waals surface area (Å²) in [4.78, 5) is 25.6. The highest BCUT2D eigenvalue weighted by atomic mass is 16.2. The molecule has 1 saturated heterocycles. The van der Waals surface area contributed by atoms with E-state index in [1.165, 1.54) is 0 Å². The lowest BCUT2D eigenvalue weighted by atomic mass is 10.1. The number of aryl methyl sites for hydroxylation is 1. The van der Waals surface area contributed by atoms with E-state index in [2.05, 4.69) is 24.3 Å². The van der Waals surface area contributed by atoms with Gasteiger partial charge in [-0.1, -0.05) is 13.8 Å². The van der Waals surface area contributed by atoms with Crippen molar-refractivity contribution >= 4 is 17.6 Å². The van der Waals surface area contributed by atoms with E-state index >= 15 is 0 Å². The molecule has 2 heterocycles. The molecule has 1 aliphatic heterocycles. The predicted octanol–water partition coefficient (Wildman–Crippen LogP) is 0.863. The average molecular weight is 264 g/mol. The monoisotopic (exact) mass is 264 g/mol. The minimum absolute atomic E-state index is 0.0647. The summed E-state index contributed by atoms with van der Waals surface area (Å²) in [5.41, 5.74) is 0. The maximum atomic E-state index is 12.1. The highest BCUT2D eigenvalue weighted by molar-refractivity contribution is 5.96. The minimum atomic E-state index is -0.270. The van der Waals surface area contributed by atoms with Crippen LogP contribution in [0.2, 0.25) is 0 Å². The molecule has 6 heteroatoms. The number of nitrogens with zero attached hydrogens (tertiary/aromatic N) is 3. The Morgan fingerprint density at radius 3 is 2.89 bits per heavy atom. The summed E-state index contributed by atoms with van der Waals surface area (Å²) in [6.07, 6.45) is 2.06. The van der Waals surface area contributed by atoms with Gasteiger partial charge >= 0.3 is 0 Å². The van der Waals surface area contributed by atoms with Gasteiger partial charge in [-0.15, -0.1) is 0 Å². The molecule has 6 nitrogen and oxygen atoms in total. The fourth-order valence-corrected chi connectivity index (χ4v) is 2.28. The summed E-state index contributed by atoms with van der Waals surface area (Å²) in [7, 11) is 1.79. The molecule has 0 aliphatic carbocycles. The Balaban J connectivity index is 1.92. The smallest absolute Gasteiger partial charge is 0.230 e. The summed E-state index contributed by atoms with van der Waals surface area (Å²) in [5, 5.41) is 6.84. The van der Waals surface area contributed by atoms with E-state index in [4.69, 9.17) is 0 Å². The molecule has 1 atom stereocenters. The second kappa shape index (κ2) is 5.42. The van der Waals surface area contributed by atoms with Gasteiger partial charge < -0.3 is 10.2 Å². The van der Waals surface area contributed by atoms with Crippen molar-refractivity contribution in [2.24, 2.45) is 18.9 Å². The molecular weight excluding hydrogens is 244 g/mol. The Bertz CT molecular complexity index is 481. The van der Waals surface area contributed by atoms with E-state index in [-0.39, 0.29) is 17.7 Å². The van der Waals surface area contributed by atoms with Crippen molar-refractivity contribution in [1.82, 2.24) is 14.7 Å². The van der Waals surface area contributed by atoms with Crippen LogP contribution in [-0.4, -0.2) is 39.6 Å². The summed E-state index contributed by atoms with van der Waals surface area (Å²) in [6.45, 7) is 5.35. The number of anilines is 1. The Hall–Kier alpha value is -1.85. The SMILES string of the molecule is CC(C)CN1CC(C(=O)Nc2ccn(C)n2)CC1=O. The molecule has 2 amide bonds. The van der Waals surface area contributed by atoms with Crippen LogP contribution in [0.4, 0.5) is 5.82 Å². The molecule has 1 N–H and O–H groups in total. The topological polar surface area (TPSA) is 67.2 Å². The first-order valence-electron chi connectivity index (χ1n) is 6.54. The lowest BCUT2D eigenvalue weighted by molar-refractivity contribution is -0.128.